The summed E-state index contributed by atoms with van der Waals surface area (Å²) in [6, 6.07) is 1.25. The summed E-state index contributed by atoms with van der Waals surface area (Å²) in [5.74, 6) is 0.458. The molecule has 19 heavy (non-hydrogen) atoms. The number of nitrogens with two attached hydrogens (primary N) is 1. The topological polar surface area (TPSA) is 57.4 Å². The molecule has 1 spiro atoms. The molecule has 4 nitrogen and oxygen atoms in total. The van der Waals surface area contributed by atoms with Crippen LogP contribution in [-0.2, 0) is 0 Å². The van der Waals surface area contributed by atoms with Crippen molar-refractivity contribution in [3.63, 3.8) is 0 Å². The third-order valence-corrected chi connectivity index (χ3v) is 3.72. The molecule has 2 N–H and O–H groups in total. The Kier molecular flexibility index (Phi) is 2.67. The molecule has 1 saturated carbocycles. The second kappa shape index (κ2) is 4.03. The first-order valence-electron chi connectivity index (χ1n) is 6.38. The lowest BCUT2D eigenvalue weighted by atomic mass is 9.73. The average molecular weight is 270 g/mol. The second-order valence-electron chi connectivity index (χ2n) is 5.42. The number of fused-ring (bicyclic) bond motifs is 1. The lowest BCUT2D eigenvalue weighted by Gasteiger charge is -2.46. The van der Waals surface area contributed by atoms with E-state index in [0.29, 0.717) is 24.8 Å². The molecule has 2 aliphatic rings. The Hall–Kier alpha value is -1.43. The molecule has 1 aromatic heterocycles. The summed E-state index contributed by atoms with van der Waals surface area (Å²) in [7, 11) is 0. The van der Waals surface area contributed by atoms with Crippen molar-refractivity contribution in [3.8, 4) is 11.6 Å². The van der Waals surface area contributed by atoms with Crippen molar-refractivity contribution in [1.82, 2.24) is 4.98 Å². The van der Waals surface area contributed by atoms with E-state index in [2.05, 4.69) is 9.72 Å². The SMILES string of the molecule is CC(F)(F)Oc1cnc2c(c1)C(N)CC1(CCC1)O2. The van der Waals surface area contributed by atoms with Crippen molar-refractivity contribution in [2.75, 3.05) is 0 Å². The molecule has 0 aromatic carbocycles. The van der Waals surface area contributed by atoms with E-state index in [9.17, 15) is 8.78 Å². The van der Waals surface area contributed by atoms with Crippen molar-refractivity contribution in [2.45, 2.75) is 50.4 Å². The van der Waals surface area contributed by atoms with Gasteiger partial charge in [0.05, 0.1) is 6.20 Å². The minimum absolute atomic E-state index is 0.00913. The van der Waals surface area contributed by atoms with Crippen LogP contribution in [-0.4, -0.2) is 16.7 Å². The average Bonchev–Trinajstić information content (AvgIpc) is 2.25. The number of hydrogen-bond donors (Lipinski definition) is 1. The quantitative estimate of drug-likeness (QED) is 0.897. The number of alkyl halides is 2. The molecule has 3 rings (SSSR count). The summed E-state index contributed by atoms with van der Waals surface area (Å²) in [5.41, 5.74) is 6.56. The fourth-order valence-electron chi connectivity index (χ4n) is 2.70. The minimum atomic E-state index is -3.23. The molecule has 0 bridgehead atoms. The highest BCUT2D eigenvalue weighted by Crippen LogP contribution is 2.47. The van der Waals surface area contributed by atoms with Gasteiger partial charge in [0, 0.05) is 24.9 Å². The molecule has 1 aliphatic carbocycles. The van der Waals surface area contributed by atoms with Gasteiger partial charge in [-0.3, -0.25) is 0 Å². The van der Waals surface area contributed by atoms with Gasteiger partial charge in [-0.05, 0) is 25.3 Å². The van der Waals surface area contributed by atoms with Crippen LogP contribution in [0, 0.1) is 0 Å². The van der Waals surface area contributed by atoms with Crippen LogP contribution in [0.2, 0.25) is 0 Å². The number of hydrogen-bond acceptors (Lipinski definition) is 4. The van der Waals surface area contributed by atoms with Gasteiger partial charge in [0.1, 0.15) is 11.4 Å². The van der Waals surface area contributed by atoms with Gasteiger partial charge in [0.15, 0.2) is 0 Å². The van der Waals surface area contributed by atoms with Gasteiger partial charge in [-0.1, -0.05) is 0 Å². The normalized spacial score (nSPS) is 24.3. The fourth-order valence-corrected chi connectivity index (χ4v) is 2.70. The zero-order valence-electron chi connectivity index (χ0n) is 10.7. The molecule has 1 unspecified atom stereocenters. The number of rotatable bonds is 2. The van der Waals surface area contributed by atoms with E-state index < -0.39 is 6.11 Å². The van der Waals surface area contributed by atoms with Crippen LogP contribution in [0.25, 0.3) is 0 Å². The molecule has 1 aromatic rings. The Morgan fingerprint density at radius 1 is 1.53 bits per heavy atom. The molecule has 0 saturated heterocycles. The lowest BCUT2D eigenvalue weighted by molar-refractivity contribution is -0.159. The summed E-state index contributed by atoms with van der Waals surface area (Å²) in [4.78, 5) is 4.07. The monoisotopic (exact) mass is 270 g/mol. The van der Waals surface area contributed by atoms with Gasteiger partial charge < -0.3 is 15.2 Å². The van der Waals surface area contributed by atoms with E-state index in [-0.39, 0.29) is 17.4 Å². The Morgan fingerprint density at radius 3 is 2.84 bits per heavy atom. The number of nitrogens with zero attached hydrogens (tertiary/aromatic N) is 1. The predicted octanol–water partition coefficient (Wildman–Crippen LogP) is 2.78. The minimum Gasteiger partial charge on any atom is -0.471 e. The highest BCUT2D eigenvalue weighted by molar-refractivity contribution is 5.38. The van der Waals surface area contributed by atoms with Crippen molar-refractivity contribution < 1.29 is 18.3 Å². The zero-order chi connectivity index (χ0) is 13.7. The maximum Gasteiger partial charge on any atom is 0.394 e. The summed E-state index contributed by atoms with van der Waals surface area (Å²) in [6.45, 7) is 0.687. The van der Waals surface area contributed by atoms with Gasteiger partial charge in [0.2, 0.25) is 5.88 Å². The summed E-state index contributed by atoms with van der Waals surface area (Å²) >= 11 is 0. The van der Waals surface area contributed by atoms with Crippen LogP contribution < -0.4 is 15.2 Å². The molecule has 0 amide bonds. The Balaban J connectivity index is 1.87. The molecule has 1 aliphatic heterocycles. The number of ether oxygens (including phenoxy) is 2. The van der Waals surface area contributed by atoms with Crippen LogP contribution in [0.5, 0.6) is 11.6 Å². The second-order valence-corrected chi connectivity index (χ2v) is 5.42. The van der Waals surface area contributed by atoms with Crippen LogP contribution in [0.4, 0.5) is 8.78 Å². The van der Waals surface area contributed by atoms with E-state index in [4.69, 9.17) is 10.5 Å². The van der Waals surface area contributed by atoms with E-state index in [1.165, 1.54) is 12.3 Å². The smallest absolute Gasteiger partial charge is 0.394 e. The molecule has 1 fully saturated rings. The highest BCUT2D eigenvalue weighted by atomic mass is 19.3. The molecule has 104 valence electrons. The van der Waals surface area contributed by atoms with Crippen molar-refractivity contribution >= 4 is 0 Å². The highest BCUT2D eigenvalue weighted by Gasteiger charge is 2.45. The van der Waals surface area contributed by atoms with Gasteiger partial charge in [-0.25, -0.2) is 4.98 Å². The fraction of sp³-hybridized carbons (Fsp3) is 0.615. The summed E-state index contributed by atoms with van der Waals surface area (Å²) < 4.78 is 36.0. The summed E-state index contributed by atoms with van der Waals surface area (Å²) in [6.07, 6.45) is 1.81. The van der Waals surface area contributed by atoms with Crippen LogP contribution >= 0.6 is 0 Å². The molecule has 2 heterocycles. The van der Waals surface area contributed by atoms with E-state index in [1.54, 1.807) is 0 Å². The van der Waals surface area contributed by atoms with E-state index >= 15 is 0 Å². The largest absolute Gasteiger partial charge is 0.471 e. The van der Waals surface area contributed by atoms with Gasteiger partial charge in [-0.2, -0.15) is 8.78 Å². The molecular weight excluding hydrogens is 254 g/mol. The van der Waals surface area contributed by atoms with Crippen molar-refractivity contribution in [2.24, 2.45) is 5.73 Å². The maximum atomic E-state index is 12.8. The van der Waals surface area contributed by atoms with E-state index in [0.717, 1.165) is 19.3 Å². The van der Waals surface area contributed by atoms with Crippen molar-refractivity contribution in [3.05, 3.63) is 17.8 Å². The van der Waals surface area contributed by atoms with Gasteiger partial charge in [-0.15, -0.1) is 0 Å². The number of halogens is 2. The van der Waals surface area contributed by atoms with Crippen molar-refractivity contribution in [1.29, 1.82) is 0 Å². The number of aromatic nitrogens is 1. The Bertz CT molecular complexity index is 498. The first-order valence-corrected chi connectivity index (χ1v) is 6.38. The Labute approximate surface area is 109 Å². The van der Waals surface area contributed by atoms with Crippen LogP contribution in [0.3, 0.4) is 0 Å². The van der Waals surface area contributed by atoms with Crippen LogP contribution in [0.15, 0.2) is 12.3 Å². The maximum absolute atomic E-state index is 12.8. The van der Waals surface area contributed by atoms with E-state index in [1.807, 2.05) is 0 Å². The summed E-state index contributed by atoms with van der Waals surface area (Å²) in [5, 5.41) is 0. The van der Waals surface area contributed by atoms with Crippen LogP contribution in [0.1, 0.15) is 44.2 Å². The van der Waals surface area contributed by atoms with Gasteiger partial charge >= 0.3 is 6.11 Å². The zero-order valence-corrected chi connectivity index (χ0v) is 10.7. The molecule has 0 radical (unpaired) electrons. The lowest BCUT2D eigenvalue weighted by Crippen LogP contribution is -2.48. The third-order valence-electron chi connectivity index (χ3n) is 3.72. The molecule has 6 heteroatoms. The molecule has 1 atom stereocenters. The Morgan fingerprint density at radius 2 is 2.26 bits per heavy atom. The third kappa shape index (κ3) is 2.36. The first-order chi connectivity index (χ1) is 8.87. The van der Waals surface area contributed by atoms with Gasteiger partial charge in [0.25, 0.3) is 0 Å². The predicted molar refractivity (Wildman–Crippen MR) is 64.2 cm³/mol. The standard InChI is InChI=1S/C13H16F2N2O2/c1-12(14,15)18-8-5-9-10(16)6-13(3-2-4-13)19-11(9)17-7-8/h5,7,10H,2-4,6,16H2,1H3. The number of pyridine rings is 1. The molecular formula is C13H16F2N2O2. The first kappa shape index (κ1) is 12.6.